The van der Waals surface area contributed by atoms with Crippen LogP contribution in [0.1, 0.15) is 57.0 Å². The number of aromatic nitrogens is 4. The van der Waals surface area contributed by atoms with Gasteiger partial charge >= 0.3 is 0 Å². The van der Waals surface area contributed by atoms with Crippen molar-refractivity contribution in [2.45, 2.75) is 57.7 Å². The zero-order valence-electron chi connectivity index (χ0n) is 20.6. The summed E-state index contributed by atoms with van der Waals surface area (Å²) in [6.07, 6.45) is 10.7. The molecule has 1 saturated carbocycles. The number of imidazole rings is 1. The number of nitrogens with zero attached hydrogens (tertiary/aromatic N) is 4. The quantitative estimate of drug-likeness (QED) is 0.380. The van der Waals surface area contributed by atoms with E-state index in [-0.39, 0.29) is 19.5 Å². The number of terminal acetylenes is 1. The molecule has 2 aromatic carbocycles. The lowest BCUT2D eigenvalue weighted by Crippen LogP contribution is -2.32. The molecule has 4 aromatic rings. The monoisotopic (exact) mass is 497 g/mol. The minimum atomic E-state index is -1.00. The second kappa shape index (κ2) is 10.6. The van der Waals surface area contributed by atoms with E-state index in [0.29, 0.717) is 48.1 Å². The molecule has 0 unspecified atom stereocenters. The van der Waals surface area contributed by atoms with Gasteiger partial charge in [0.15, 0.2) is 17.0 Å². The number of aliphatic hydroxyl groups is 1. The predicted molar refractivity (Wildman–Crippen MR) is 150 cm³/mol. The van der Waals surface area contributed by atoms with Crippen LogP contribution in [0.2, 0.25) is 0 Å². The van der Waals surface area contributed by atoms with Crippen molar-refractivity contribution in [3.8, 4) is 24.2 Å². The first-order valence-electron chi connectivity index (χ1n) is 12.1. The lowest BCUT2D eigenvalue weighted by atomic mass is 9.79. The average Bonchev–Trinajstić information content (AvgIpc) is 3.25. The maximum Gasteiger partial charge on any atom is 0.209 e. The van der Waals surface area contributed by atoms with E-state index in [4.69, 9.17) is 11.4 Å². The molecule has 3 atom stereocenters. The standard InChI is InChI=1S/C29H29N5O.H2S/c1-4-17-34-19-30-26-27(31-21(3)23-13-7-11-22-10-5-6-12-24(22)23)32-25(33-28(26)34)14-16-29(35)15-8-9-20(2)18-29;/h1,5-7,10-13,19-21,35H,8-9,15,17-18H2,2-3H3,(H,31,32,33);1H2/t20-,21+,29-;/m1./s1. The van der Waals surface area contributed by atoms with Gasteiger partial charge in [0, 0.05) is 0 Å². The van der Waals surface area contributed by atoms with Gasteiger partial charge in [0.05, 0.1) is 18.9 Å². The molecule has 184 valence electrons. The van der Waals surface area contributed by atoms with Crippen molar-refractivity contribution < 1.29 is 5.11 Å². The molecule has 2 aromatic heterocycles. The number of nitrogens with one attached hydrogen (secondary N) is 1. The molecule has 0 aliphatic heterocycles. The summed E-state index contributed by atoms with van der Waals surface area (Å²) in [7, 11) is 0. The van der Waals surface area contributed by atoms with Crippen molar-refractivity contribution in [1.82, 2.24) is 19.5 Å². The Labute approximate surface area is 219 Å². The molecule has 5 rings (SSSR count). The molecule has 0 saturated heterocycles. The van der Waals surface area contributed by atoms with E-state index in [1.807, 2.05) is 16.7 Å². The third kappa shape index (κ3) is 5.18. The number of fused-ring (bicyclic) bond motifs is 2. The zero-order chi connectivity index (χ0) is 24.4. The van der Waals surface area contributed by atoms with Crippen molar-refractivity contribution in [2.75, 3.05) is 5.32 Å². The topological polar surface area (TPSA) is 75.9 Å². The lowest BCUT2D eigenvalue weighted by molar-refractivity contribution is 0.0410. The highest BCUT2D eigenvalue weighted by molar-refractivity contribution is 7.59. The summed E-state index contributed by atoms with van der Waals surface area (Å²) in [6.45, 7) is 4.61. The highest BCUT2D eigenvalue weighted by atomic mass is 32.1. The Hall–Kier alpha value is -3.52. The number of hydrogen-bond acceptors (Lipinski definition) is 5. The Morgan fingerprint density at radius 3 is 2.83 bits per heavy atom. The normalized spacial score (nSPS) is 20.1. The fraction of sp³-hybridized carbons (Fsp3) is 0.345. The molecule has 36 heavy (non-hydrogen) atoms. The van der Waals surface area contributed by atoms with E-state index < -0.39 is 5.60 Å². The van der Waals surface area contributed by atoms with Gasteiger partial charge in [-0.3, -0.25) is 0 Å². The Morgan fingerprint density at radius 2 is 2.03 bits per heavy atom. The summed E-state index contributed by atoms with van der Waals surface area (Å²) < 4.78 is 1.81. The van der Waals surface area contributed by atoms with E-state index in [9.17, 15) is 5.11 Å². The molecular weight excluding hydrogens is 466 g/mol. The van der Waals surface area contributed by atoms with Crippen molar-refractivity contribution >= 4 is 41.2 Å². The van der Waals surface area contributed by atoms with Crippen molar-refractivity contribution in [3.63, 3.8) is 0 Å². The Kier molecular flexibility index (Phi) is 7.54. The molecule has 0 radical (unpaired) electrons. The minimum Gasteiger partial charge on any atom is -0.378 e. The first-order chi connectivity index (χ1) is 17.0. The molecule has 2 N–H and O–H groups in total. The van der Waals surface area contributed by atoms with E-state index in [0.717, 1.165) is 18.4 Å². The number of hydrogen-bond donors (Lipinski definition) is 2. The predicted octanol–water partition coefficient (Wildman–Crippen LogP) is 5.19. The number of anilines is 1. The SMILES string of the molecule is C#CCn1cnc2c(N[C@@H](C)c3cccc4ccccc34)nc(C#C[C@]3(O)CCC[C@@H](C)C3)nc21.S. The summed E-state index contributed by atoms with van der Waals surface area (Å²) in [6, 6.07) is 14.6. The van der Waals surface area contributed by atoms with Gasteiger partial charge in [-0.05, 0) is 54.4 Å². The summed E-state index contributed by atoms with van der Waals surface area (Å²) in [4.78, 5) is 13.9. The van der Waals surface area contributed by atoms with Crippen molar-refractivity contribution in [3.05, 3.63) is 60.2 Å². The van der Waals surface area contributed by atoms with Crippen LogP contribution in [0.3, 0.4) is 0 Å². The average molecular weight is 498 g/mol. The molecule has 0 bridgehead atoms. The first kappa shape index (κ1) is 25.6. The molecule has 2 heterocycles. The molecule has 0 spiro atoms. The van der Waals surface area contributed by atoms with Gasteiger partial charge in [0.1, 0.15) is 5.60 Å². The van der Waals surface area contributed by atoms with E-state index >= 15 is 0 Å². The fourth-order valence-corrected chi connectivity index (χ4v) is 5.04. The zero-order valence-corrected chi connectivity index (χ0v) is 21.6. The van der Waals surface area contributed by atoms with Gasteiger partial charge in [-0.2, -0.15) is 13.5 Å². The van der Waals surface area contributed by atoms with Crippen molar-refractivity contribution in [1.29, 1.82) is 0 Å². The number of benzene rings is 2. The molecule has 0 amide bonds. The van der Waals surface area contributed by atoms with Gasteiger partial charge in [-0.15, -0.1) is 6.42 Å². The summed E-state index contributed by atoms with van der Waals surface area (Å²) in [5.74, 6) is 10.2. The maximum atomic E-state index is 11.0. The van der Waals surface area contributed by atoms with Crippen LogP contribution in [0.25, 0.3) is 21.9 Å². The third-order valence-corrected chi connectivity index (χ3v) is 6.75. The van der Waals surface area contributed by atoms with Crippen molar-refractivity contribution in [2.24, 2.45) is 5.92 Å². The minimum absolute atomic E-state index is 0. The van der Waals surface area contributed by atoms with Crippen LogP contribution >= 0.6 is 13.5 Å². The summed E-state index contributed by atoms with van der Waals surface area (Å²) in [5.41, 5.74) is 1.43. The van der Waals surface area contributed by atoms with E-state index in [1.54, 1.807) is 6.33 Å². The molecule has 1 aliphatic carbocycles. The third-order valence-electron chi connectivity index (χ3n) is 6.75. The van der Waals surface area contributed by atoms with Gasteiger partial charge in [0.2, 0.25) is 5.82 Å². The highest BCUT2D eigenvalue weighted by Crippen LogP contribution is 2.32. The lowest BCUT2D eigenvalue weighted by Gasteiger charge is -2.30. The number of rotatable bonds is 4. The molecular formula is C29H31N5OS. The molecule has 1 aliphatic rings. The molecule has 6 nitrogen and oxygen atoms in total. The smallest absolute Gasteiger partial charge is 0.209 e. The van der Waals surface area contributed by atoms with Gasteiger partial charge in [-0.25, -0.2) is 15.0 Å². The van der Waals surface area contributed by atoms with Crippen LogP contribution in [-0.4, -0.2) is 30.2 Å². The van der Waals surface area contributed by atoms with Crippen LogP contribution < -0.4 is 5.32 Å². The van der Waals surface area contributed by atoms with Gasteiger partial charge in [-0.1, -0.05) is 67.6 Å². The highest BCUT2D eigenvalue weighted by Gasteiger charge is 2.30. The van der Waals surface area contributed by atoms with Crippen LogP contribution in [0.5, 0.6) is 0 Å². The first-order valence-corrected chi connectivity index (χ1v) is 12.1. The summed E-state index contributed by atoms with van der Waals surface area (Å²) >= 11 is 0. The Balaban J connectivity index is 0.00000304. The van der Waals surface area contributed by atoms with Gasteiger partial charge in [0.25, 0.3) is 0 Å². The van der Waals surface area contributed by atoms with Crippen LogP contribution in [0.15, 0.2) is 48.8 Å². The Bertz CT molecular complexity index is 1490. The maximum absolute atomic E-state index is 11.0. The largest absolute Gasteiger partial charge is 0.378 e. The van der Waals surface area contributed by atoms with Crippen LogP contribution in [-0.2, 0) is 6.54 Å². The second-order valence-corrected chi connectivity index (χ2v) is 9.56. The molecule has 7 heteroatoms. The van der Waals surface area contributed by atoms with E-state index in [2.05, 4.69) is 77.2 Å². The second-order valence-electron chi connectivity index (χ2n) is 9.56. The van der Waals surface area contributed by atoms with Crippen LogP contribution in [0, 0.1) is 30.1 Å². The van der Waals surface area contributed by atoms with E-state index in [1.165, 1.54) is 10.8 Å². The van der Waals surface area contributed by atoms with Gasteiger partial charge < -0.3 is 15.0 Å². The Morgan fingerprint density at radius 1 is 1.22 bits per heavy atom. The van der Waals surface area contributed by atoms with Crippen LogP contribution in [0.4, 0.5) is 5.82 Å². The fourth-order valence-electron chi connectivity index (χ4n) is 5.04. The molecule has 1 fully saturated rings. The summed E-state index contributed by atoms with van der Waals surface area (Å²) in [5, 5.41) is 16.9.